The van der Waals surface area contributed by atoms with Gasteiger partial charge in [-0.1, -0.05) is 6.42 Å². The second-order valence-electron chi connectivity index (χ2n) is 4.73. The van der Waals surface area contributed by atoms with Crippen LogP contribution in [0.4, 0.5) is 13.2 Å². The molecule has 2 nitrogen and oxygen atoms in total. The molecule has 1 atom stereocenters. The molecular weight excluding hydrogens is 277 g/mol. The molecule has 0 saturated carbocycles. The maximum absolute atomic E-state index is 13.1. The Balaban J connectivity index is 0.00000180. The van der Waals surface area contributed by atoms with Gasteiger partial charge in [0.15, 0.2) is 17.5 Å². The van der Waals surface area contributed by atoms with Crippen LogP contribution in [-0.2, 0) is 6.54 Å². The van der Waals surface area contributed by atoms with Crippen LogP contribution in [0, 0.1) is 17.5 Å². The molecule has 0 aliphatic carbocycles. The van der Waals surface area contributed by atoms with E-state index in [9.17, 15) is 13.2 Å². The molecule has 0 radical (unpaired) electrons. The lowest BCUT2D eigenvalue weighted by Gasteiger charge is -2.35. The third-order valence-electron chi connectivity index (χ3n) is 3.45. The van der Waals surface area contributed by atoms with Gasteiger partial charge in [0, 0.05) is 19.1 Å². The zero-order valence-corrected chi connectivity index (χ0v) is 11.4. The minimum absolute atomic E-state index is 0. The van der Waals surface area contributed by atoms with Crippen LogP contribution in [0.15, 0.2) is 12.1 Å². The molecule has 1 aromatic carbocycles. The van der Waals surface area contributed by atoms with Crippen molar-refractivity contribution in [3.63, 3.8) is 0 Å². The molecule has 1 unspecified atom stereocenters. The second-order valence-corrected chi connectivity index (χ2v) is 4.73. The van der Waals surface area contributed by atoms with Gasteiger partial charge in [0.2, 0.25) is 0 Å². The van der Waals surface area contributed by atoms with Crippen LogP contribution in [0.2, 0.25) is 0 Å². The molecule has 2 rings (SSSR count). The Morgan fingerprint density at radius 1 is 1.16 bits per heavy atom. The number of benzene rings is 1. The average Bonchev–Trinajstić information content (AvgIpc) is 2.36. The van der Waals surface area contributed by atoms with Gasteiger partial charge in [0.05, 0.1) is 0 Å². The van der Waals surface area contributed by atoms with E-state index in [2.05, 4.69) is 4.90 Å². The SMILES string of the molecule is Cl.NCC1CCCCN1Cc1cc(F)c(F)c(F)c1. The molecule has 1 aromatic rings. The van der Waals surface area contributed by atoms with Gasteiger partial charge in [0.25, 0.3) is 0 Å². The van der Waals surface area contributed by atoms with E-state index in [1.54, 1.807) is 0 Å². The van der Waals surface area contributed by atoms with Crippen molar-refractivity contribution in [3.8, 4) is 0 Å². The van der Waals surface area contributed by atoms with Gasteiger partial charge in [-0.15, -0.1) is 12.4 Å². The molecular formula is C13H18ClF3N2. The number of rotatable bonds is 3. The monoisotopic (exact) mass is 294 g/mol. The van der Waals surface area contributed by atoms with Crippen molar-refractivity contribution in [1.82, 2.24) is 4.90 Å². The Morgan fingerprint density at radius 3 is 2.37 bits per heavy atom. The summed E-state index contributed by atoms with van der Waals surface area (Å²) in [4.78, 5) is 2.11. The summed E-state index contributed by atoms with van der Waals surface area (Å²) in [5.74, 6) is -3.68. The molecule has 1 aliphatic rings. The van der Waals surface area contributed by atoms with Gasteiger partial charge in [-0.25, -0.2) is 13.2 Å². The van der Waals surface area contributed by atoms with Gasteiger partial charge in [0.1, 0.15) is 0 Å². The van der Waals surface area contributed by atoms with Crippen molar-refractivity contribution < 1.29 is 13.2 Å². The van der Waals surface area contributed by atoms with E-state index in [0.29, 0.717) is 18.7 Å². The first kappa shape index (κ1) is 16.3. The lowest BCUT2D eigenvalue weighted by atomic mass is 10.0. The molecule has 1 aliphatic heterocycles. The number of halogens is 4. The maximum atomic E-state index is 13.1. The van der Waals surface area contributed by atoms with Crippen molar-refractivity contribution in [1.29, 1.82) is 0 Å². The van der Waals surface area contributed by atoms with Gasteiger partial charge >= 0.3 is 0 Å². The van der Waals surface area contributed by atoms with Crippen LogP contribution in [0.1, 0.15) is 24.8 Å². The smallest absolute Gasteiger partial charge is 0.194 e. The summed E-state index contributed by atoms with van der Waals surface area (Å²) < 4.78 is 39.1. The third-order valence-corrected chi connectivity index (χ3v) is 3.45. The Labute approximate surface area is 117 Å². The van der Waals surface area contributed by atoms with Crippen molar-refractivity contribution in [2.45, 2.75) is 31.8 Å². The summed E-state index contributed by atoms with van der Waals surface area (Å²) in [6.45, 7) is 1.81. The van der Waals surface area contributed by atoms with Crippen LogP contribution in [0.3, 0.4) is 0 Å². The van der Waals surface area contributed by atoms with E-state index in [-0.39, 0.29) is 18.4 Å². The van der Waals surface area contributed by atoms with Crippen molar-refractivity contribution in [2.24, 2.45) is 5.73 Å². The largest absolute Gasteiger partial charge is 0.329 e. The molecule has 108 valence electrons. The first-order valence-electron chi connectivity index (χ1n) is 6.19. The number of nitrogens with zero attached hydrogens (tertiary/aromatic N) is 1. The number of piperidine rings is 1. The topological polar surface area (TPSA) is 29.3 Å². The zero-order chi connectivity index (χ0) is 13.1. The number of nitrogens with two attached hydrogens (primary N) is 1. The van der Waals surface area contributed by atoms with Gasteiger partial charge in [-0.2, -0.15) is 0 Å². The molecule has 6 heteroatoms. The molecule has 1 heterocycles. The van der Waals surface area contributed by atoms with Crippen LogP contribution in [0.25, 0.3) is 0 Å². The molecule has 2 N–H and O–H groups in total. The summed E-state index contributed by atoms with van der Waals surface area (Å²) >= 11 is 0. The maximum Gasteiger partial charge on any atom is 0.194 e. The van der Waals surface area contributed by atoms with Gasteiger partial charge < -0.3 is 5.73 Å². The summed E-state index contributed by atoms with van der Waals surface area (Å²) in [5, 5.41) is 0. The predicted molar refractivity (Wildman–Crippen MR) is 70.7 cm³/mol. The van der Waals surface area contributed by atoms with Crippen molar-refractivity contribution >= 4 is 12.4 Å². The van der Waals surface area contributed by atoms with Gasteiger partial charge in [-0.05, 0) is 37.1 Å². The molecule has 19 heavy (non-hydrogen) atoms. The predicted octanol–water partition coefficient (Wildman–Crippen LogP) is 2.84. The standard InChI is InChI=1S/C13H17F3N2.ClH/c14-11-5-9(6-12(15)13(11)16)8-18-4-2-1-3-10(18)7-17;/h5-6,10H,1-4,7-8,17H2;1H. The zero-order valence-electron chi connectivity index (χ0n) is 10.5. The highest BCUT2D eigenvalue weighted by Gasteiger charge is 2.22. The fraction of sp³-hybridized carbons (Fsp3) is 0.538. The number of likely N-dealkylation sites (tertiary alicyclic amines) is 1. The van der Waals surface area contributed by atoms with Crippen molar-refractivity contribution in [2.75, 3.05) is 13.1 Å². The minimum Gasteiger partial charge on any atom is -0.329 e. The van der Waals surface area contributed by atoms with E-state index < -0.39 is 17.5 Å². The Hall–Kier alpha value is -0.780. The molecule has 1 saturated heterocycles. The highest BCUT2D eigenvalue weighted by Crippen LogP contribution is 2.21. The average molecular weight is 295 g/mol. The third kappa shape index (κ3) is 3.84. The first-order chi connectivity index (χ1) is 8.61. The fourth-order valence-electron chi connectivity index (χ4n) is 2.47. The van der Waals surface area contributed by atoms with E-state index in [1.807, 2.05) is 0 Å². The molecule has 0 spiro atoms. The lowest BCUT2D eigenvalue weighted by Crippen LogP contribution is -2.43. The van der Waals surface area contributed by atoms with Crippen LogP contribution < -0.4 is 5.73 Å². The molecule has 0 amide bonds. The highest BCUT2D eigenvalue weighted by atomic mass is 35.5. The van der Waals surface area contributed by atoms with Gasteiger partial charge in [-0.3, -0.25) is 4.90 Å². The van der Waals surface area contributed by atoms with E-state index in [4.69, 9.17) is 5.73 Å². The van der Waals surface area contributed by atoms with Crippen molar-refractivity contribution in [3.05, 3.63) is 35.1 Å². The normalized spacial score (nSPS) is 20.1. The Kier molecular flexibility index (Phi) is 6.10. The van der Waals surface area contributed by atoms with E-state index in [1.165, 1.54) is 0 Å². The Morgan fingerprint density at radius 2 is 1.79 bits per heavy atom. The summed E-state index contributed by atoms with van der Waals surface area (Å²) in [7, 11) is 0. The Bertz CT molecular complexity index is 405. The number of hydrogen-bond donors (Lipinski definition) is 1. The quantitative estimate of drug-likeness (QED) is 0.869. The molecule has 0 bridgehead atoms. The van der Waals surface area contributed by atoms with E-state index >= 15 is 0 Å². The summed E-state index contributed by atoms with van der Waals surface area (Å²) in [6, 6.07) is 2.36. The summed E-state index contributed by atoms with van der Waals surface area (Å²) in [6.07, 6.45) is 3.19. The highest BCUT2D eigenvalue weighted by molar-refractivity contribution is 5.85. The minimum atomic E-state index is -1.41. The number of hydrogen-bond acceptors (Lipinski definition) is 2. The van der Waals surface area contributed by atoms with E-state index in [0.717, 1.165) is 37.9 Å². The van der Waals surface area contributed by atoms with Crippen LogP contribution in [-0.4, -0.2) is 24.0 Å². The first-order valence-corrected chi connectivity index (χ1v) is 6.19. The molecule has 0 aromatic heterocycles. The summed E-state index contributed by atoms with van der Waals surface area (Å²) in [5.41, 5.74) is 6.13. The van der Waals surface area contributed by atoms with Crippen LogP contribution >= 0.6 is 12.4 Å². The van der Waals surface area contributed by atoms with Crippen LogP contribution in [0.5, 0.6) is 0 Å². The second kappa shape index (κ2) is 7.12. The lowest BCUT2D eigenvalue weighted by molar-refractivity contribution is 0.144. The molecule has 1 fully saturated rings. The fourth-order valence-corrected chi connectivity index (χ4v) is 2.47.